The van der Waals surface area contributed by atoms with Crippen molar-refractivity contribution in [3.05, 3.63) is 0 Å². The van der Waals surface area contributed by atoms with E-state index in [1.807, 2.05) is 0 Å². The standard InChI is InChI=1S/C17H32N2O/c1-14-12-15(13-19(14)16-8-9-16)18-10-5-11-20-17-6-3-2-4-7-17/h14-18H,2-13H2,1H3. The van der Waals surface area contributed by atoms with Gasteiger partial charge in [0, 0.05) is 31.3 Å². The molecule has 3 aliphatic rings. The fourth-order valence-corrected chi connectivity index (χ4v) is 3.98. The zero-order valence-corrected chi connectivity index (χ0v) is 13.2. The Balaban J connectivity index is 1.23. The molecule has 1 N–H and O–H groups in total. The van der Waals surface area contributed by atoms with Gasteiger partial charge in [-0.25, -0.2) is 0 Å². The first-order valence-corrected chi connectivity index (χ1v) is 8.93. The van der Waals surface area contributed by atoms with Gasteiger partial charge in [-0.2, -0.15) is 0 Å². The lowest BCUT2D eigenvalue weighted by Crippen LogP contribution is -2.35. The van der Waals surface area contributed by atoms with Crippen LogP contribution in [0, 0.1) is 0 Å². The largest absolute Gasteiger partial charge is 0.378 e. The summed E-state index contributed by atoms with van der Waals surface area (Å²) in [7, 11) is 0. The lowest BCUT2D eigenvalue weighted by atomic mass is 9.98. The maximum atomic E-state index is 5.99. The van der Waals surface area contributed by atoms with E-state index >= 15 is 0 Å². The highest BCUT2D eigenvalue weighted by Gasteiger charge is 2.38. The second-order valence-electron chi connectivity index (χ2n) is 7.15. The van der Waals surface area contributed by atoms with E-state index in [1.54, 1.807) is 0 Å². The molecule has 0 bridgehead atoms. The number of hydrogen-bond donors (Lipinski definition) is 1. The summed E-state index contributed by atoms with van der Waals surface area (Å²) in [6.07, 6.45) is 12.7. The van der Waals surface area contributed by atoms with Crippen LogP contribution in [0.2, 0.25) is 0 Å². The first-order valence-electron chi connectivity index (χ1n) is 8.93. The minimum absolute atomic E-state index is 0.570. The van der Waals surface area contributed by atoms with Gasteiger partial charge in [0.2, 0.25) is 0 Å². The van der Waals surface area contributed by atoms with Crippen molar-refractivity contribution in [1.29, 1.82) is 0 Å². The molecular weight excluding hydrogens is 248 g/mol. The molecule has 0 aromatic rings. The molecule has 0 aromatic carbocycles. The second-order valence-corrected chi connectivity index (χ2v) is 7.15. The number of rotatable bonds is 7. The highest BCUT2D eigenvalue weighted by molar-refractivity contribution is 4.95. The van der Waals surface area contributed by atoms with Gasteiger partial charge in [-0.05, 0) is 52.0 Å². The van der Waals surface area contributed by atoms with Crippen molar-refractivity contribution in [3.8, 4) is 0 Å². The van der Waals surface area contributed by atoms with Gasteiger partial charge in [0.25, 0.3) is 0 Å². The minimum Gasteiger partial charge on any atom is -0.378 e. The highest BCUT2D eigenvalue weighted by Crippen LogP contribution is 2.33. The van der Waals surface area contributed by atoms with Crippen LogP contribution in [0.25, 0.3) is 0 Å². The molecule has 2 aliphatic carbocycles. The van der Waals surface area contributed by atoms with Crippen LogP contribution in [0.15, 0.2) is 0 Å². The van der Waals surface area contributed by atoms with Crippen LogP contribution in [0.5, 0.6) is 0 Å². The van der Waals surface area contributed by atoms with Crippen molar-refractivity contribution in [2.24, 2.45) is 0 Å². The number of hydrogen-bond acceptors (Lipinski definition) is 3. The van der Waals surface area contributed by atoms with E-state index in [2.05, 4.69) is 17.1 Å². The summed E-state index contributed by atoms with van der Waals surface area (Å²) in [5, 5.41) is 3.74. The molecule has 2 saturated carbocycles. The third kappa shape index (κ3) is 4.19. The summed E-state index contributed by atoms with van der Waals surface area (Å²) in [6.45, 7) is 5.75. The lowest BCUT2D eigenvalue weighted by Gasteiger charge is -2.22. The average Bonchev–Trinajstić information content (AvgIpc) is 3.24. The van der Waals surface area contributed by atoms with Gasteiger partial charge >= 0.3 is 0 Å². The van der Waals surface area contributed by atoms with Crippen LogP contribution in [-0.4, -0.2) is 48.8 Å². The SMILES string of the molecule is CC1CC(NCCCOC2CCCCC2)CN1C1CC1. The number of nitrogens with zero attached hydrogens (tertiary/aromatic N) is 1. The van der Waals surface area contributed by atoms with Crippen molar-refractivity contribution < 1.29 is 4.74 Å². The van der Waals surface area contributed by atoms with Crippen LogP contribution >= 0.6 is 0 Å². The number of nitrogens with one attached hydrogen (secondary N) is 1. The number of likely N-dealkylation sites (tertiary alicyclic amines) is 1. The zero-order valence-electron chi connectivity index (χ0n) is 13.2. The molecule has 0 amide bonds. The average molecular weight is 280 g/mol. The molecule has 116 valence electrons. The van der Waals surface area contributed by atoms with E-state index in [-0.39, 0.29) is 0 Å². The van der Waals surface area contributed by atoms with Crippen molar-refractivity contribution in [1.82, 2.24) is 10.2 Å². The quantitative estimate of drug-likeness (QED) is 0.726. The Labute approximate surface area is 124 Å². The molecule has 1 saturated heterocycles. The molecule has 3 fully saturated rings. The van der Waals surface area contributed by atoms with E-state index in [1.165, 1.54) is 64.3 Å². The van der Waals surface area contributed by atoms with E-state index in [9.17, 15) is 0 Å². The Morgan fingerprint density at radius 1 is 1.10 bits per heavy atom. The molecule has 0 aromatic heterocycles. The predicted molar refractivity (Wildman–Crippen MR) is 83.0 cm³/mol. The van der Waals surface area contributed by atoms with Gasteiger partial charge in [0.1, 0.15) is 0 Å². The summed E-state index contributed by atoms with van der Waals surface area (Å²) in [4.78, 5) is 2.72. The van der Waals surface area contributed by atoms with Gasteiger partial charge in [-0.15, -0.1) is 0 Å². The Hall–Kier alpha value is -0.120. The normalized spacial score (nSPS) is 32.9. The molecule has 0 radical (unpaired) electrons. The predicted octanol–water partition coefficient (Wildman–Crippen LogP) is 2.94. The van der Waals surface area contributed by atoms with Gasteiger partial charge in [0.05, 0.1) is 6.10 Å². The summed E-state index contributed by atoms with van der Waals surface area (Å²) < 4.78 is 5.99. The number of ether oxygens (including phenoxy) is 1. The molecule has 0 spiro atoms. The van der Waals surface area contributed by atoms with Gasteiger partial charge in [0.15, 0.2) is 0 Å². The van der Waals surface area contributed by atoms with E-state index in [0.717, 1.165) is 31.3 Å². The monoisotopic (exact) mass is 280 g/mol. The van der Waals surface area contributed by atoms with Crippen LogP contribution in [-0.2, 0) is 4.74 Å². The first-order chi connectivity index (χ1) is 9.83. The van der Waals surface area contributed by atoms with Crippen molar-refractivity contribution in [3.63, 3.8) is 0 Å². The summed E-state index contributed by atoms with van der Waals surface area (Å²) in [5.41, 5.74) is 0. The van der Waals surface area contributed by atoms with E-state index in [4.69, 9.17) is 4.74 Å². The molecule has 3 heteroatoms. The molecule has 3 nitrogen and oxygen atoms in total. The molecule has 1 heterocycles. The molecule has 1 aliphatic heterocycles. The zero-order chi connectivity index (χ0) is 13.8. The van der Waals surface area contributed by atoms with Crippen LogP contribution < -0.4 is 5.32 Å². The highest BCUT2D eigenvalue weighted by atomic mass is 16.5. The minimum atomic E-state index is 0.570. The van der Waals surface area contributed by atoms with Crippen LogP contribution in [0.4, 0.5) is 0 Å². The van der Waals surface area contributed by atoms with Crippen molar-refractivity contribution in [2.45, 2.75) is 88.9 Å². The summed E-state index contributed by atoms with van der Waals surface area (Å²) in [6, 6.07) is 2.44. The maximum absolute atomic E-state index is 5.99. The second kappa shape index (κ2) is 7.24. The fourth-order valence-electron chi connectivity index (χ4n) is 3.98. The Kier molecular flexibility index (Phi) is 5.36. The summed E-state index contributed by atoms with van der Waals surface area (Å²) >= 11 is 0. The smallest absolute Gasteiger partial charge is 0.0575 e. The Morgan fingerprint density at radius 3 is 2.65 bits per heavy atom. The molecule has 20 heavy (non-hydrogen) atoms. The van der Waals surface area contributed by atoms with Gasteiger partial charge in [-0.3, -0.25) is 4.90 Å². The van der Waals surface area contributed by atoms with Gasteiger partial charge < -0.3 is 10.1 Å². The molecular formula is C17H32N2O. The van der Waals surface area contributed by atoms with Crippen molar-refractivity contribution in [2.75, 3.05) is 19.7 Å². The third-order valence-corrected chi connectivity index (χ3v) is 5.30. The molecule has 2 unspecified atom stereocenters. The first kappa shape index (κ1) is 14.8. The van der Waals surface area contributed by atoms with E-state index in [0.29, 0.717) is 6.10 Å². The lowest BCUT2D eigenvalue weighted by molar-refractivity contribution is 0.0271. The maximum Gasteiger partial charge on any atom is 0.0575 e. The van der Waals surface area contributed by atoms with Crippen LogP contribution in [0.1, 0.15) is 64.7 Å². The van der Waals surface area contributed by atoms with Crippen LogP contribution in [0.3, 0.4) is 0 Å². The third-order valence-electron chi connectivity index (χ3n) is 5.30. The summed E-state index contributed by atoms with van der Waals surface area (Å²) in [5.74, 6) is 0. The molecule has 2 atom stereocenters. The molecule has 3 rings (SSSR count). The Bertz CT molecular complexity index is 287. The van der Waals surface area contributed by atoms with Crippen molar-refractivity contribution >= 4 is 0 Å². The van der Waals surface area contributed by atoms with Gasteiger partial charge in [-0.1, -0.05) is 19.3 Å². The topological polar surface area (TPSA) is 24.5 Å². The van der Waals surface area contributed by atoms with E-state index < -0.39 is 0 Å². The fraction of sp³-hybridized carbons (Fsp3) is 1.00. The Morgan fingerprint density at radius 2 is 1.90 bits per heavy atom.